The van der Waals surface area contributed by atoms with Crippen molar-refractivity contribution in [1.29, 1.82) is 5.26 Å². The van der Waals surface area contributed by atoms with Crippen LogP contribution in [0.15, 0.2) is 18.2 Å². The molecule has 0 radical (unpaired) electrons. The van der Waals surface area contributed by atoms with Gasteiger partial charge in [-0.15, -0.1) is 0 Å². The monoisotopic (exact) mass is 233 g/mol. The van der Waals surface area contributed by atoms with Crippen LogP contribution in [0.4, 0.5) is 11.4 Å². The Kier molecular flexibility index (Phi) is 5.31. The lowest BCUT2D eigenvalue weighted by atomic mass is 10.1. The molecule has 0 spiro atoms. The highest BCUT2D eigenvalue weighted by molar-refractivity contribution is 5.58. The summed E-state index contributed by atoms with van der Waals surface area (Å²) in [6.45, 7) is 5.45. The number of hydrogen-bond donors (Lipinski definition) is 2. The van der Waals surface area contributed by atoms with Crippen molar-refractivity contribution in [2.75, 3.05) is 24.2 Å². The lowest BCUT2D eigenvalue weighted by molar-refractivity contribution is 0.0855. The zero-order valence-corrected chi connectivity index (χ0v) is 10.4. The van der Waals surface area contributed by atoms with Crippen molar-refractivity contribution in [2.45, 2.75) is 26.4 Å². The van der Waals surface area contributed by atoms with Crippen molar-refractivity contribution >= 4 is 11.4 Å². The number of anilines is 2. The van der Waals surface area contributed by atoms with E-state index in [1.807, 2.05) is 32.0 Å². The van der Waals surface area contributed by atoms with Crippen LogP contribution >= 0.6 is 0 Å². The fourth-order valence-electron chi connectivity index (χ4n) is 1.56. The summed E-state index contributed by atoms with van der Waals surface area (Å²) in [6, 6.07) is 7.75. The van der Waals surface area contributed by atoms with Gasteiger partial charge in [0.2, 0.25) is 0 Å². The van der Waals surface area contributed by atoms with Crippen molar-refractivity contribution in [3.63, 3.8) is 0 Å². The van der Waals surface area contributed by atoms with Crippen LogP contribution in [0.25, 0.3) is 0 Å². The van der Waals surface area contributed by atoms with Gasteiger partial charge < -0.3 is 15.8 Å². The minimum Gasteiger partial charge on any atom is -0.398 e. The van der Waals surface area contributed by atoms with Crippen LogP contribution in [0.5, 0.6) is 0 Å². The van der Waals surface area contributed by atoms with Gasteiger partial charge in [0.1, 0.15) is 0 Å². The molecule has 1 rings (SSSR count). The third-order valence-electron chi connectivity index (χ3n) is 2.46. The molecule has 0 saturated heterocycles. The topological polar surface area (TPSA) is 71.1 Å². The molecule has 1 aromatic carbocycles. The Hall–Kier alpha value is -1.73. The Balaban J connectivity index is 2.60. The second-order valence-corrected chi connectivity index (χ2v) is 3.90. The van der Waals surface area contributed by atoms with Gasteiger partial charge in [0.25, 0.3) is 0 Å². The molecule has 0 saturated carbocycles. The molecule has 92 valence electrons. The van der Waals surface area contributed by atoms with Gasteiger partial charge in [0.05, 0.1) is 18.6 Å². The molecule has 17 heavy (non-hydrogen) atoms. The molecular weight excluding hydrogens is 214 g/mol. The van der Waals surface area contributed by atoms with Crippen molar-refractivity contribution in [3.8, 4) is 6.07 Å². The number of benzene rings is 1. The van der Waals surface area contributed by atoms with Crippen LogP contribution in [-0.2, 0) is 11.2 Å². The van der Waals surface area contributed by atoms with Gasteiger partial charge >= 0.3 is 0 Å². The van der Waals surface area contributed by atoms with E-state index in [0.717, 1.165) is 17.8 Å². The van der Waals surface area contributed by atoms with Crippen LogP contribution < -0.4 is 11.1 Å². The smallest absolute Gasteiger partial charge is 0.0719 e. The highest BCUT2D eigenvalue weighted by atomic mass is 16.5. The standard InChI is InChI=1S/C13H19N3O/c1-3-17-10(2)9-16-12-4-5-13(15)11(8-12)6-7-14/h4-5,8,10,16H,3,6,9,15H2,1-2H3. The van der Waals surface area contributed by atoms with Crippen molar-refractivity contribution in [3.05, 3.63) is 23.8 Å². The lowest BCUT2D eigenvalue weighted by Gasteiger charge is -2.14. The van der Waals surface area contributed by atoms with E-state index >= 15 is 0 Å². The summed E-state index contributed by atoms with van der Waals surface area (Å²) in [5, 5.41) is 11.9. The second-order valence-electron chi connectivity index (χ2n) is 3.90. The summed E-state index contributed by atoms with van der Waals surface area (Å²) < 4.78 is 5.43. The summed E-state index contributed by atoms with van der Waals surface area (Å²) in [5.74, 6) is 0. The SMILES string of the molecule is CCOC(C)CNc1ccc(N)c(CC#N)c1. The molecule has 0 amide bonds. The number of rotatable bonds is 6. The largest absolute Gasteiger partial charge is 0.398 e. The van der Waals surface area contributed by atoms with Crippen LogP contribution in [0.2, 0.25) is 0 Å². The maximum absolute atomic E-state index is 8.68. The van der Waals surface area contributed by atoms with E-state index in [-0.39, 0.29) is 6.10 Å². The molecule has 3 N–H and O–H groups in total. The first-order chi connectivity index (χ1) is 8.17. The van der Waals surface area contributed by atoms with E-state index in [9.17, 15) is 0 Å². The molecule has 4 nitrogen and oxygen atoms in total. The number of nitrogens with two attached hydrogens (primary N) is 1. The van der Waals surface area contributed by atoms with Gasteiger partial charge in [-0.05, 0) is 37.6 Å². The molecule has 4 heteroatoms. The lowest BCUT2D eigenvalue weighted by Crippen LogP contribution is -2.19. The minimum absolute atomic E-state index is 0.164. The van der Waals surface area contributed by atoms with Gasteiger partial charge in [-0.1, -0.05) is 0 Å². The maximum atomic E-state index is 8.68. The quantitative estimate of drug-likeness (QED) is 0.739. The van der Waals surface area contributed by atoms with Crippen LogP contribution in [0.1, 0.15) is 19.4 Å². The fraction of sp³-hybridized carbons (Fsp3) is 0.462. The van der Waals surface area contributed by atoms with Gasteiger partial charge in [-0.2, -0.15) is 5.26 Å². The second kappa shape index (κ2) is 6.77. The zero-order chi connectivity index (χ0) is 12.7. The summed E-state index contributed by atoms with van der Waals surface area (Å²) >= 11 is 0. The van der Waals surface area contributed by atoms with E-state index in [0.29, 0.717) is 18.7 Å². The molecule has 1 unspecified atom stereocenters. The molecular formula is C13H19N3O. The van der Waals surface area contributed by atoms with Gasteiger partial charge in [0, 0.05) is 24.5 Å². The molecule has 0 aliphatic carbocycles. The molecule has 0 aromatic heterocycles. The molecule has 0 heterocycles. The molecule has 0 aliphatic heterocycles. The molecule has 1 atom stereocenters. The Bertz CT molecular complexity index is 398. The maximum Gasteiger partial charge on any atom is 0.0719 e. The first-order valence-corrected chi connectivity index (χ1v) is 5.78. The first-order valence-electron chi connectivity index (χ1n) is 5.78. The van der Waals surface area contributed by atoms with E-state index < -0.39 is 0 Å². The molecule has 0 fully saturated rings. The molecule has 1 aromatic rings. The van der Waals surface area contributed by atoms with Crippen LogP contribution in [0.3, 0.4) is 0 Å². The van der Waals surface area contributed by atoms with Crippen molar-refractivity contribution < 1.29 is 4.74 Å². The van der Waals surface area contributed by atoms with E-state index in [4.69, 9.17) is 15.7 Å². The van der Waals surface area contributed by atoms with E-state index in [1.54, 1.807) is 0 Å². The number of ether oxygens (including phenoxy) is 1. The predicted octanol–water partition coefficient (Wildman–Crippen LogP) is 2.17. The highest BCUT2D eigenvalue weighted by Crippen LogP contribution is 2.18. The first kappa shape index (κ1) is 13.3. The summed E-state index contributed by atoms with van der Waals surface area (Å²) in [5.41, 5.74) is 8.27. The summed E-state index contributed by atoms with van der Waals surface area (Å²) in [4.78, 5) is 0. The number of nitrogen functional groups attached to an aromatic ring is 1. The van der Waals surface area contributed by atoms with Gasteiger partial charge in [-0.25, -0.2) is 0 Å². The average Bonchev–Trinajstić information content (AvgIpc) is 2.31. The molecule has 0 aliphatic rings. The Morgan fingerprint density at radius 2 is 2.29 bits per heavy atom. The van der Waals surface area contributed by atoms with E-state index in [2.05, 4.69) is 11.4 Å². The van der Waals surface area contributed by atoms with Crippen LogP contribution in [-0.4, -0.2) is 19.3 Å². The Labute approximate surface area is 102 Å². The normalized spacial score (nSPS) is 11.8. The van der Waals surface area contributed by atoms with Crippen molar-refractivity contribution in [2.24, 2.45) is 0 Å². The number of nitriles is 1. The van der Waals surface area contributed by atoms with E-state index in [1.165, 1.54) is 0 Å². The fourth-order valence-corrected chi connectivity index (χ4v) is 1.56. The Morgan fingerprint density at radius 1 is 1.53 bits per heavy atom. The number of hydrogen-bond acceptors (Lipinski definition) is 4. The number of nitrogens with one attached hydrogen (secondary N) is 1. The van der Waals surface area contributed by atoms with Gasteiger partial charge in [-0.3, -0.25) is 0 Å². The Morgan fingerprint density at radius 3 is 2.94 bits per heavy atom. The average molecular weight is 233 g/mol. The highest BCUT2D eigenvalue weighted by Gasteiger charge is 2.03. The zero-order valence-electron chi connectivity index (χ0n) is 10.4. The van der Waals surface area contributed by atoms with Gasteiger partial charge in [0.15, 0.2) is 0 Å². The molecule has 0 bridgehead atoms. The predicted molar refractivity (Wildman–Crippen MR) is 69.7 cm³/mol. The number of nitrogens with zero attached hydrogens (tertiary/aromatic N) is 1. The van der Waals surface area contributed by atoms with Crippen molar-refractivity contribution in [1.82, 2.24) is 0 Å². The third kappa shape index (κ3) is 4.33. The summed E-state index contributed by atoms with van der Waals surface area (Å²) in [6.07, 6.45) is 0.500. The van der Waals surface area contributed by atoms with Crippen LogP contribution in [0, 0.1) is 11.3 Å². The summed E-state index contributed by atoms with van der Waals surface area (Å²) in [7, 11) is 0. The third-order valence-corrected chi connectivity index (χ3v) is 2.46. The minimum atomic E-state index is 0.164.